The number of amides is 1. The fourth-order valence-corrected chi connectivity index (χ4v) is 3.32. The number of carbonyl (C=O) groups excluding carboxylic acids is 1. The van der Waals surface area contributed by atoms with Crippen LogP contribution in [0.1, 0.15) is 28.8 Å². The maximum Gasteiger partial charge on any atom is 0.251 e. The molecule has 130 valence electrons. The van der Waals surface area contributed by atoms with E-state index in [4.69, 9.17) is 0 Å². The molecule has 0 bridgehead atoms. The number of piperazine rings is 1. The van der Waals surface area contributed by atoms with Crippen LogP contribution in [0.3, 0.4) is 0 Å². The number of para-hydroxylation sites is 1. The zero-order valence-electron chi connectivity index (χ0n) is 14.5. The van der Waals surface area contributed by atoms with Crippen molar-refractivity contribution in [1.82, 2.24) is 10.2 Å². The van der Waals surface area contributed by atoms with Gasteiger partial charge in [-0.05, 0) is 42.7 Å². The summed E-state index contributed by atoms with van der Waals surface area (Å²) in [7, 11) is 0. The van der Waals surface area contributed by atoms with Crippen molar-refractivity contribution in [2.75, 3.05) is 31.1 Å². The Morgan fingerprint density at radius 2 is 1.60 bits per heavy atom. The molecular weight excluding hydrogens is 310 g/mol. The van der Waals surface area contributed by atoms with E-state index in [1.807, 2.05) is 12.1 Å². The number of nitrogens with zero attached hydrogens (tertiary/aromatic N) is 2. The Kier molecular flexibility index (Phi) is 4.70. The minimum Gasteiger partial charge on any atom is -0.369 e. The number of nitrogens with one attached hydrogen (secondary N) is 1. The normalized spacial score (nSPS) is 18.2. The summed E-state index contributed by atoms with van der Waals surface area (Å²) in [5.41, 5.74) is 3.36. The molecule has 25 heavy (non-hydrogen) atoms. The highest BCUT2D eigenvalue weighted by Gasteiger charge is 2.23. The molecule has 4 heteroatoms. The Morgan fingerprint density at radius 3 is 2.24 bits per heavy atom. The molecule has 4 rings (SSSR count). The van der Waals surface area contributed by atoms with Gasteiger partial charge in [0.1, 0.15) is 0 Å². The fourth-order valence-electron chi connectivity index (χ4n) is 3.32. The molecule has 2 aliphatic rings. The summed E-state index contributed by atoms with van der Waals surface area (Å²) in [6.07, 6.45) is 2.25. The quantitative estimate of drug-likeness (QED) is 0.913. The monoisotopic (exact) mass is 335 g/mol. The van der Waals surface area contributed by atoms with Gasteiger partial charge >= 0.3 is 0 Å². The summed E-state index contributed by atoms with van der Waals surface area (Å²) in [4.78, 5) is 17.0. The van der Waals surface area contributed by atoms with Crippen LogP contribution in [0.5, 0.6) is 0 Å². The number of hydrogen-bond acceptors (Lipinski definition) is 3. The first kappa shape index (κ1) is 16.2. The molecule has 4 nitrogen and oxygen atoms in total. The average Bonchev–Trinajstić information content (AvgIpc) is 3.48. The summed E-state index contributed by atoms with van der Waals surface area (Å²) in [5, 5.41) is 3.04. The number of rotatable bonds is 5. The zero-order valence-corrected chi connectivity index (χ0v) is 14.5. The third-order valence-electron chi connectivity index (χ3n) is 5.03. The van der Waals surface area contributed by atoms with Gasteiger partial charge in [0, 0.05) is 50.0 Å². The van der Waals surface area contributed by atoms with Crippen LogP contribution < -0.4 is 10.2 Å². The standard InChI is InChI=1S/C21H25N3O/c25-21(22-19-10-11-19)18-8-6-17(7-9-18)16-23-12-14-24(15-13-23)20-4-2-1-3-5-20/h1-9,19H,10-16H2,(H,22,25). The predicted molar refractivity (Wildman–Crippen MR) is 101 cm³/mol. The van der Waals surface area contributed by atoms with E-state index >= 15 is 0 Å². The summed E-state index contributed by atoms with van der Waals surface area (Å²) < 4.78 is 0. The second-order valence-corrected chi connectivity index (χ2v) is 7.04. The minimum atomic E-state index is 0.0607. The third-order valence-corrected chi connectivity index (χ3v) is 5.03. The number of hydrogen-bond donors (Lipinski definition) is 1. The van der Waals surface area contributed by atoms with Crippen LogP contribution >= 0.6 is 0 Å². The van der Waals surface area contributed by atoms with Crippen molar-refractivity contribution in [1.29, 1.82) is 0 Å². The van der Waals surface area contributed by atoms with Crippen LogP contribution in [-0.2, 0) is 6.54 Å². The maximum atomic E-state index is 12.0. The molecule has 1 aliphatic carbocycles. The third kappa shape index (κ3) is 4.20. The Balaban J connectivity index is 1.29. The van der Waals surface area contributed by atoms with Crippen LogP contribution in [0, 0.1) is 0 Å². The van der Waals surface area contributed by atoms with Crippen LogP contribution in [0.15, 0.2) is 54.6 Å². The van der Waals surface area contributed by atoms with E-state index in [0.29, 0.717) is 6.04 Å². The molecule has 2 aromatic rings. The molecule has 0 unspecified atom stereocenters. The first-order chi connectivity index (χ1) is 12.3. The van der Waals surface area contributed by atoms with Crippen LogP contribution in [-0.4, -0.2) is 43.0 Å². The Hall–Kier alpha value is -2.33. The topological polar surface area (TPSA) is 35.6 Å². The SMILES string of the molecule is O=C(NC1CC1)c1ccc(CN2CCN(c3ccccc3)CC2)cc1. The molecule has 1 aliphatic heterocycles. The highest BCUT2D eigenvalue weighted by Crippen LogP contribution is 2.20. The first-order valence-electron chi connectivity index (χ1n) is 9.20. The molecular formula is C21H25N3O. The molecule has 1 saturated heterocycles. The number of carbonyl (C=O) groups is 1. The van der Waals surface area contributed by atoms with Crippen molar-refractivity contribution in [3.8, 4) is 0 Å². The molecule has 1 N–H and O–H groups in total. The Morgan fingerprint density at radius 1 is 0.920 bits per heavy atom. The molecule has 1 heterocycles. The van der Waals surface area contributed by atoms with E-state index in [1.54, 1.807) is 0 Å². The van der Waals surface area contributed by atoms with E-state index in [-0.39, 0.29) is 5.91 Å². The predicted octanol–water partition coefficient (Wildman–Crippen LogP) is 2.90. The van der Waals surface area contributed by atoms with Crippen molar-refractivity contribution >= 4 is 11.6 Å². The average molecular weight is 335 g/mol. The van der Waals surface area contributed by atoms with Gasteiger partial charge in [-0.15, -0.1) is 0 Å². The minimum absolute atomic E-state index is 0.0607. The lowest BCUT2D eigenvalue weighted by molar-refractivity contribution is 0.0951. The fraction of sp³-hybridized carbons (Fsp3) is 0.381. The second-order valence-electron chi connectivity index (χ2n) is 7.04. The number of anilines is 1. The van der Waals surface area contributed by atoms with E-state index < -0.39 is 0 Å². The largest absolute Gasteiger partial charge is 0.369 e. The zero-order chi connectivity index (χ0) is 17.1. The van der Waals surface area contributed by atoms with Gasteiger partial charge in [-0.3, -0.25) is 9.69 Å². The number of benzene rings is 2. The van der Waals surface area contributed by atoms with Crippen LogP contribution in [0.25, 0.3) is 0 Å². The van der Waals surface area contributed by atoms with Gasteiger partial charge in [0.05, 0.1) is 0 Å². The lowest BCUT2D eigenvalue weighted by Crippen LogP contribution is -2.45. The van der Waals surface area contributed by atoms with Gasteiger partial charge in [0.2, 0.25) is 0 Å². The van der Waals surface area contributed by atoms with Gasteiger partial charge < -0.3 is 10.2 Å². The van der Waals surface area contributed by atoms with Crippen molar-refractivity contribution in [3.63, 3.8) is 0 Å². The van der Waals surface area contributed by atoms with Crippen LogP contribution in [0.2, 0.25) is 0 Å². The van der Waals surface area contributed by atoms with E-state index in [0.717, 1.165) is 51.1 Å². The molecule has 0 spiro atoms. The maximum absolute atomic E-state index is 12.0. The van der Waals surface area contributed by atoms with Crippen molar-refractivity contribution in [2.24, 2.45) is 0 Å². The van der Waals surface area contributed by atoms with Crippen molar-refractivity contribution in [2.45, 2.75) is 25.4 Å². The summed E-state index contributed by atoms with van der Waals surface area (Å²) >= 11 is 0. The Labute approximate surface area is 149 Å². The molecule has 0 aromatic heterocycles. The Bertz CT molecular complexity index is 702. The van der Waals surface area contributed by atoms with E-state index in [1.165, 1.54) is 11.3 Å². The van der Waals surface area contributed by atoms with E-state index in [9.17, 15) is 4.79 Å². The molecule has 2 aromatic carbocycles. The van der Waals surface area contributed by atoms with Gasteiger partial charge in [-0.2, -0.15) is 0 Å². The van der Waals surface area contributed by atoms with Gasteiger partial charge in [0.15, 0.2) is 0 Å². The summed E-state index contributed by atoms with van der Waals surface area (Å²) in [6.45, 7) is 5.21. The van der Waals surface area contributed by atoms with E-state index in [2.05, 4.69) is 57.6 Å². The highest BCUT2D eigenvalue weighted by atomic mass is 16.1. The summed E-state index contributed by atoms with van der Waals surface area (Å²) in [6, 6.07) is 19.1. The molecule has 1 saturated carbocycles. The smallest absolute Gasteiger partial charge is 0.251 e. The van der Waals surface area contributed by atoms with Crippen molar-refractivity contribution in [3.05, 3.63) is 65.7 Å². The highest BCUT2D eigenvalue weighted by molar-refractivity contribution is 5.94. The molecule has 2 fully saturated rings. The van der Waals surface area contributed by atoms with Crippen molar-refractivity contribution < 1.29 is 4.79 Å². The molecule has 0 radical (unpaired) electrons. The lowest BCUT2D eigenvalue weighted by Gasteiger charge is -2.36. The van der Waals surface area contributed by atoms with Gasteiger partial charge in [-0.1, -0.05) is 30.3 Å². The van der Waals surface area contributed by atoms with Gasteiger partial charge in [0.25, 0.3) is 5.91 Å². The molecule has 0 atom stereocenters. The van der Waals surface area contributed by atoms with Crippen LogP contribution in [0.4, 0.5) is 5.69 Å². The second kappa shape index (κ2) is 7.28. The van der Waals surface area contributed by atoms with Gasteiger partial charge in [-0.25, -0.2) is 0 Å². The first-order valence-corrected chi connectivity index (χ1v) is 9.20. The summed E-state index contributed by atoms with van der Waals surface area (Å²) in [5.74, 6) is 0.0607. The molecule has 1 amide bonds. The lowest BCUT2D eigenvalue weighted by atomic mass is 10.1.